The van der Waals surface area contributed by atoms with Crippen LogP contribution >= 0.6 is 92.8 Å². The zero-order valence-electron chi connectivity index (χ0n) is 82.5. The number of ether oxygens (including phenoxy) is 2. The minimum absolute atomic E-state index is 0.000298. The predicted molar refractivity (Wildman–Crippen MR) is 574 cm³/mol. The molecule has 28 nitrogen and oxygen atoms in total. The van der Waals surface area contributed by atoms with Gasteiger partial charge in [0.15, 0.2) is 46.0 Å². The zero-order valence-corrected chi connectivity index (χ0v) is 88.5. The molecule has 4 spiro atoms. The lowest BCUT2D eigenvalue weighted by Gasteiger charge is -2.44. The van der Waals surface area contributed by atoms with Crippen molar-refractivity contribution in [3.8, 4) is 45.0 Å². The highest BCUT2D eigenvalue weighted by atomic mass is 35.5. The van der Waals surface area contributed by atoms with Gasteiger partial charge in [0.25, 0.3) is 11.8 Å². The van der Waals surface area contributed by atoms with Crippen molar-refractivity contribution in [3.05, 3.63) is 300 Å². The van der Waals surface area contributed by atoms with Gasteiger partial charge in [0, 0.05) is 97.5 Å². The molecule has 4 fully saturated rings. The second-order valence-corrected chi connectivity index (χ2v) is 44.2. The molecule has 4 aliphatic heterocycles. The van der Waals surface area contributed by atoms with Crippen molar-refractivity contribution in [2.24, 2.45) is 44.6 Å². The van der Waals surface area contributed by atoms with E-state index in [2.05, 4.69) is 112 Å². The largest absolute Gasteiger partial charge is 0.476 e. The highest BCUT2D eigenvalue weighted by Crippen LogP contribution is 2.58. The van der Waals surface area contributed by atoms with Crippen molar-refractivity contribution in [2.75, 3.05) is 72.0 Å². The monoisotopic (exact) mass is 2130 g/mol. The number of carbonyl (C=O) groups is 6. The molecular weight excluding hydrogens is 2020 g/mol. The third-order valence-electron chi connectivity index (χ3n) is 29.7. The number of rotatable bonds is 14. The van der Waals surface area contributed by atoms with Gasteiger partial charge in [-0.25, -0.2) is 59.0 Å². The summed E-state index contributed by atoms with van der Waals surface area (Å²) in [6.45, 7) is 23.5. The highest BCUT2D eigenvalue weighted by molar-refractivity contribution is 6.45. The Morgan fingerprint density at radius 1 is 0.329 bits per heavy atom. The lowest BCUT2D eigenvalue weighted by Crippen LogP contribution is -2.48. The molecule has 4 aliphatic carbocycles. The maximum absolute atomic E-state index is 12.9. The summed E-state index contributed by atoms with van der Waals surface area (Å²) in [6.07, 6.45) is 9.27. The Morgan fingerprint density at radius 2 is 0.555 bits per heavy atom. The smallest absolute Gasteiger partial charge is 0.408 e. The van der Waals surface area contributed by atoms with Gasteiger partial charge < -0.3 is 72.9 Å². The maximum atomic E-state index is 12.9. The molecule has 0 bridgehead atoms. The molecule has 8 aromatic carbocycles. The molecular formula is C110H114Cl8N18O10. The van der Waals surface area contributed by atoms with Crippen LogP contribution in [0.15, 0.2) is 170 Å². The normalized spacial score (nSPS) is 18.4. The molecule has 4 aromatic heterocycles. The van der Waals surface area contributed by atoms with Crippen molar-refractivity contribution >= 4 is 152 Å². The number of anilines is 4. The molecule has 4 atom stereocenters. The lowest BCUT2D eigenvalue weighted by molar-refractivity contribution is 0.0418. The van der Waals surface area contributed by atoms with Gasteiger partial charge in [0.2, 0.25) is 0 Å². The first-order valence-corrected chi connectivity index (χ1v) is 51.6. The average molecular weight is 2130 g/mol. The quantitative estimate of drug-likeness (QED) is 0.0501. The summed E-state index contributed by atoms with van der Waals surface area (Å²) in [5.41, 5.74) is 39.7. The molecule has 36 heteroatoms. The van der Waals surface area contributed by atoms with Crippen molar-refractivity contribution in [2.45, 2.75) is 182 Å². The fourth-order valence-corrected chi connectivity index (χ4v) is 23.9. The zero-order chi connectivity index (χ0) is 104. The molecule has 146 heavy (non-hydrogen) atoms. The second kappa shape index (κ2) is 42.3. The van der Waals surface area contributed by atoms with Gasteiger partial charge in [-0.05, 0) is 226 Å². The molecule has 12 aromatic rings. The van der Waals surface area contributed by atoms with E-state index in [4.69, 9.17) is 140 Å². The molecule has 760 valence electrons. The molecule has 0 radical (unpaired) electrons. The SMILES string of the molecule is Cc1nc(N2CCC3(CC2)Cc2ccccc2[C@H]3N)c(C(=O)O)nc1-c1cccc(Cl)c1Cl.Cc1nc(N2CCC3(CC2)Cc2ccccc2[C@H]3N)c(C(N)=O)nc1-c1cccc(Cl)c1Cl.Cc1nc(N2CCC3(CC2)Cc2ccccc2[C@H]3NC(=O)OC(C)(C)C)c(C(=O)O)nc1-c1cccc(Cl)c1Cl.Cc1nc(N2CCC3(CC2)Cc2ccccc2[C@H]3NC(=O)OC(C)(C)C)c(C(N)=O)nc1-c1cccc(Cl)c1Cl. The number of piperidine rings is 4. The number of hydrogen-bond acceptors (Lipinski definition) is 22. The van der Waals surface area contributed by atoms with E-state index < -0.39 is 47.1 Å². The number of benzene rings is 8. The number of aromatic carboxylic acids is 2. The highest BCUT2D eigenvalue weighted by Gasteiger charge is 2.53. The van der Waals surface area contributed by atoms with E-state index in [9.17, 15) is 39.0 Å². The molecule has 8 aliphatic rings. The summed E-state index contributed by atoms with van der Waals surface area (Å²) in [4.78, 5) is 121. The van der Waals surface area contributed by atoms with Crippen LogP contribution in [0.3, 0.4) is 0 Å². The topological polar surface area (TPSA) is 406 Å². The van der Waals surface area contributed by atoms with Gasteiger partial charge in [0.05, 0.1) is 97.8 Å². The Labute approximate surface area is 887 Å². The van der Waals surface area contributed by atoms with E-state index in [1.54, 1.807) is 79.7 Å². The molecule has 4 saturated heterocycles. The Hall–Kier alpha value is -12.1. The van der Waals surface area contributed by atoms with Crippen molar-refractivity contribution in [1.82, 2.24) is 50.5 Å². The fourth-order valence-electron chi connectivity index (χ4n) is 22.4. The molecule has 4 amide bonds. The van der Waals surface area contributed by atoms with Gasteiger partial charge in [-0.2, -0.15) is 0 Å². The first-order valence-electron chi connectivity index (χ1n) is 48.6. The van der Waals surface area contributed by atoms with E-state index in [-0.39, 0.29) is 68.6 Å². The van der Waals surface area contributed by atoms with Gasteiger partial charge in [0.1, 0.15) is 11.2 Å². The number of halogens is 8. The van der Waals surface area contributed by atoms with Crippen LogP contribution in [0.2, 0.25) is 40.2 Å². The number of aromatic nitrogens is 8. The van der Waals surface area contributed by atoms with E-state index in [0.29, 0.717) is 171 Å². The number of carboxylic acids is 2. The summed E-state index contributed by atoms with van der Waals surface area (Å²) in [6, 6.07) is 53.8. The number of carboxylic acid groups (broad SMARTS) is 2. The van der Waals surface area contributed by atoms with Crippen molar-refractivity contribution < 1.29 is 48.5 Å². The number of alkyl carbamates (subject to hydrolysis) is 2. The minimum atomic E-state index is -1.17. The Kier molecular flexibility index (Phi) is 30.5. The number of nitrogens with two attached hydrogens (primary N) is 4. The van der Waals surface area contributed by atoms with Gasteiger partial charge >= 0.3 is 24.1 Å². The van der Waals surface area contributed by atoms with Crippen molar-refractivity contribution in [3.63, 3.8) is 0 Å². The number of hydrogen-bond donors (Lipinski definition) is 8. The van der Waals surface area contributed by atoms with Gasteiger partial charge in [-0.3, -0.25) is 9.59 Å². The molecule has 12 N–H and O–H groups in total. The number of carbonyl (C=O) groups excluding carboxylic acids is 4. The lowest BCUT2D eigenvalue weighted by atomic mass is 9.72. The summed E-state index contributed by atoms with van der Waals surface area (Å²) in [5.74, 6) is -1.89. The number of primary amides is 2. The summed E-state index contributed by atoms with van der Waals surface area (Å²) >= 11 is 50.4. The van der Waals surface area contributed by atoms with Crippen LogP contribution in [0.1, 0.15) is 226 Å². The Morgan fingerprint density at radius 3 is 0.801 bits per heavy atom. The van der Waals surface area contributed by atoms with Crippen LogP contribution in [0.5, 0.6) is 0 Å². The predicted octanol–water partition coefficient (Wildman–Crippen LogP) is 23.1. The van der Waals surface area contributed by atoms with Crippen LogP contribution in [0, 0.1) is 49.4 Å². The van der Waals surface area contributed by atoms with Gasteiger partial charge in [-0.1, -0.05) is 238 Å². The molecule has 0 saturated carbocycles. The van der Waals surface area contributed by atoms with Crippen LogP contribution in [0.25, 0.3) is 45.0 Å². The van der Waals surface area contributed by atoms with Crippen LogP contribution in [-0.2, 0) is 35.2 Å². The van der Waals surface area contributed by atoms with Crippen LogP contribution in [-0.4, -0.2) is 150 Å². The summed E-state index contributed by atoms with van der Waals surface area (Å²) in [5, 5.41) is 29.2. The third-order valence-corrected chi connectivity index (χ3v) is 33.0. The van der Waals surface area contributed by atoms with Crippen LogP contribution in [0.4, 0.5) is 32.9 Å². The van der Waals surface area contributed by atoms with E-state index in [1.165, 1.54) is 33.4 Å². The summed E-state index contributed by atoms with van der Waals surface area (Å²) < 4.78 is 11.2. The second-order valence-electron chi connectivity index (χ2n) is 41.1. The fraction of sp³-hybridized carbons (Fsp3) is 0.364. The first-order chi connectivity index (χ1) is 69.4. The van der Waals surface area contributed by atoms with E-state index >= 15 is 0 Å². The summed E-state index contributed by atoms with van der Waals surface area (Å²) in [7, 11) is 0. The minimum Gasteiger partial charge on any atom is -0.476 e. The molecule has 8 heterocycles. The number of amides is 4. The van der Waals surface area contributed by atoms with Crippen LogP contribution < -0.4 is 53.2 Å². The number of fused-ring (bicyclic) bond motifs is 4. The van der Waals surface area contributed by atoms with Gasteiger partial charge in [-0.15, -0.1) is 0 Å². The van der Waals surface area contributed by atoms with Crippen molar-refractivity contribution in [1.29, 1.82) is 0 Å². The maximum Gasteiger partial charge on any atom is 0.408 e. The molecule has 0 unspecified atom stereocenters. The standard InChI is InChI=1S/C30H33Cl2N5O3.C30H32Cl2N4O4.C25H25Cl2N5O.C25H24Cl2N4O2/c1-17-23(20-10-7-11-21(31)22(20)32)35-24(26(33)38)27(34-17)37-14-12-30(13-15-37)16-18-8-5-6-9-19(18)25(30)36-28(39)40-29(2,3)4;1-17-23(20-10-7-11-21(31)22(20)32)34-24(27(37)38)26(33-17)36-14-12-30(13-15-36)16-18-8-5-6-9-19(18)25(30)35-28(39)40-29(2,3)4;1-14-20(17-7-4-8-18(26)19(17)27)31-21(23(29)33)24(30-14)32-11-9-25(10-12-32)13-15-5-2-3-6-16(15)22(25)28;1-14-20(17-7-4-8-18(26)19(17)27)30-21(24(32)33)23(29-14)31-11-9-25(10-12-31)13-15-5-2-3-6-16(15)22(25)28/h5-11,25H,12-16H2,1-4H3,(H2,33,38)(H,36,39);5-11,25H,12-16H2,1-4H3,(H,35,39)(H,37,38);2-8,22H,9-13,28H2,1H3,(H2,29,33);2-8,22H,9-13,28H2,1H3,(H,32,33)/t2*25-;2*22-/m1111/s1. The first kappa shape index (κ1) is 105. The average Bonchev–Trinajstić information content (AvgIpc) is 1.56. The number of aryl methyl sites for hydroxylation is 4. The number of nitrogens with one attached hydrogen (secondary N) is 2. The number of nitrogens with zero attached hydrogens (tertiary/aromatic N) is 12. The van der Waals surface area contributed by atoms with E-state index in [1.807, 2.05) is 102 Å². The molecule has 20 rings (SSSR count). The Balaban J connectivity index is 0.000000134. The Bertz CT molecular complexity index is 6720. The third kappa shape index (κ3) is 21.3. The van der Waals surface area contributed by atoms with E-state index in [0.717, 1.165) is 101 Å².